The van der Waals surface area contributed by atoms with Gasteiger partial charge in [-0.05, 0) is 6.07 Å². The molecule has 1 N–H and O–H groups in total. The number of nitrogens with one attached hydrogen (secondary N) is 1. The van der Waals surface area contributed by atoms with Gasteiger partial charge < -0.3 is 4.98 Å². The Bertz CT molecular complexity index is 871. The molecule has 0 aliphatic carbocycles. The SMILES string of the molecule is O=c1[nH]c(-c2ccccc2C(F)(F)F)cc2cc[c-]cc12.[Y]. The Balaban J connectivity index is 0.00000176. The molecule has 0 saturated heterocycles. The molecule has 0 fully saturated rings. The van der Waals surface area contributed by atoms with Crippen molar-refractivity contribution in [3.8, 4) is 11.3 Å². The van der Waals surface area contributed by atoms with Crippen molar-refractivity contribution >= 4 is 10.8 Å². The average Bonchev–Trinajstić information content (AvgIpc) is 2.46. The molecule has 0 spiro atoms. The number of pyridine rings is 1. The van der Waals surface area contributed by atoms with Crippen molar-refractivity contribution < 1.29 is 45.9 Å². The fraction of sp³-hybridized carbons (Fsp3) is 0.0625. The number of halogens is 3. The summed E-state index contributed by atoms with van der Waals surface area (Å²) in [6, 6.07) is 14.2. The van der Waals surface area contributed by atoms with Gasteiger partial charge in [0.2, 0.25) is 0 Å². The third-order valence-corrected chi connectivity index (χ3v) is 3.21. The van der Waals surface area contributed by atoms with E-state index in [0.717, 1.165) is 6.07 Å². The summed E-state index contributed by atoms with van der Waals surface area (Å²) in [4.78, 5) is 14.5. The first-order valence-corrected chi connectivity index (χ1v) is 6.16. The zero-order valence-electron chi connectivity index (χ0n) is 11.2. The minimum absolute atomic E-state index is 0. The predicted octanol–water partition coefficient (Wildman–Crippen LogP) is 4.01. The first-order valence-electron chi connectivity index (χ1n) is 6.16. The zero-order valence-corrected chi connectivity index (χ0v) is 14.1. The van der Waals surface area contributed by atoms with Crippen molar-refractivity contribution in [3.05, 3.63) is 70.5 Å². The molecule has 2 nitrogen and oxygen atoms in total. The normalized spacial score (nSPS) is 11.2. The van der Waals surface area contributed by atoms with Crippen LogP contribution < -0.4 is 5.56 Å². The summed E-state index contributed by atoms with van der Waals surface area (Å²) in [5, 5.41) is 0.968. The van der Waals surface area contributed by atoms with Crippen LogP contribution >= 0.6 is 0 Å². The fourth-order valence-corrected chi connectivity index (χ4v) is 2.26. The molecule has 0 atom stereocenters. The number of H-pyrrole nitrogens is 1. The molecule has 1 aromatic heterocycles. The summed E-state index contributed by atoms with van der Waals surface area (Å²) in [7, 11) is 0. The van der Waals surface area contributed by atoms with Crippen LogP contribution in [0.1, 0.15) is 5.56 Å². The van der Waals surface area contributed by atoms with Crippen LogP contribution in [-0.4, -0.2) is 4.98 Å². The quantitative estimate of drug-likeness (QED) is 0.639. The van der Waals surface area contributed by atoms with E-state index in [1.165, 1.54) is 30.3 Å². The third-order valence-electron chi connectivity index (χ3n) is 3.21. The molecule has 3 aromatic rings. The average molecular weight is 377 g/mol. The number of alkyl halides is 3. The Kier molecular flexibility index (Phi) is 4.88. The molecule has 0 amide bonds. The molecular weight excluding hydrogens is 368 g/mol. The van der Waals surface area contributed by atoms with Crippen LogP contribution in [-0.2, 0) is 38.9 Å². The number of fused-ring (bicyclic) bond motifs is 1. The smallest absolute Gasteiger partial charge is 0.332 e. The van der Waals surface area contributed by atoms with E-state index >= 15 is 0 Å². The van der Waals surface area contributed by atoms with E-state index in [9.17, 15) is 18.0 Å². The van der Waals surface area contributed by atoms with E-state index in [-0.39, 0.29) is 44.0 Å². The topological polar surface area (TPSA) is 32.9 Å². The molecule has 6 heteroatoms. The van der Waals surface area contributed by atoms with Crippen LogP contribution in [0.3, 0.4) is 0 Å². The molecule has 0 bridgehead atoms. The van der Waals surface area contributed by atoms with Gasteiger partial charge in [0.1, 0.15) is 0 Å². The Morgan fingerprint density at radius 1 is 1.09 bits per heavy atom. The first-order chi connectivity index (χ1) is 9.97. The number of benzene rings is 2. The molecule has 22 heavy (non-hydrogen) atoms. The molecule has 2 aromatic carbocycles. The van der Waals surface area contributed by atoms with Gasteiger partial charge in [0.25, 0.3) is 0 Å². The van der Waals surface area contributed by atoms with Gasteiger partial charge in [0, 0.05) is 44.0 Å². The predicted molar refractivity (Wildman–Crippen MR) is 73.8 cm³/mol. The number of aromatic nitrogens is 1. The minimum atomic E-state index is -4.48. The van der Waals surface area contributed by atoms with E-state index in [1.54, 1.807) is 12.1 Å². The van der Waals surface area contributed by atoms with Gasteiger partial charge in [-0.25, -0.2) is 0 Å². The zero-order chi connectivity index (χ0) is 15.0. The largest absolute Gasteiger partial charge is 0.417 e. The van der Waals surface area contributed by atoms with Crippen LogP contribution in [0.15, 0.2) is 53.3 Å². The molecule has 0 aliphatic heterocycles. The van der Waals surface area contributed by atoms with Crippen molar-refractivity contribution in [1.82, 2.24) is 4.98 Å². The van der Waals surface area contributed by atoms with Crippen molar-refractivity contribution in [2.75, 3.05) is 0 Å². The first kappa shape index (κ1) is 16.9. The van der Waals surface area contributed by atoms with Gasteiger partial charge in [-0.3, -0.25) is 4.79 Å². The number of hydrogen-bond donors (Lipinski definition) is 1. The minimum Gasteiger partial charge on any atom is -0.332 e. The summed E-state index contributed by atoms with van der Waals surface area (Å²) >= 11 is 0. The van der Waals surface area contributed by atoms with Gasteiger partial charge >= 0.3 is 6.18 Å². The summed E-state index contributed by atoms with van der Waals surface area (Å²) < 4.78 is 39.2. The Labute approximate surface area is 149 Å². The van der Waals surface area contributed by atoms with Crippen LogP contribution in [0.2, 0.25) is 0 Å². The monoisotopic (exact) mass is 377 g/mol. The van der Waals surface area contributed by atoms with Crippen molar-refractivity contribution in [2.45, 2.75) is 6.18 Å². The van der Waals surface area contributed by atoms with Gasteiger partial charge in [-0.15, -0.1) is 5.39 Å². The number of hydrogen-bond acceptors (Lipinski definition) is 1. The molecule has 3 rings (SSSR count). The Hall–Kier alpha value is -1.46. The van der Waals surface area contributed by atoms with E-state index in [1.807, 2.05) is 0 Å². The van der Waals surface area contributed by atoms with Gasteiger partial charge in [-0.1, -0.05) is 29.7 Å². The van der Waals surface area contributed by atoms with Crippen molar-refractivity contribution in [3.63, 3.8) is 0 Å². The maximum Gasteiger partial charge on any atom is 0.417 e. The summed E-state index contributed by atoms with van der Waals surface area (Å²) in [5.41, 5.74) is -1.11. The van der Waals surface area contributed by atoms with E-state index < -0.39 is 17.3 Å². The second kappa shape index (κ2) is 6.35. The summed E-state index contributed by atoms with van der Waals surface area (Å²) in [6.07, 6.45) is -4.48. The molecule has 1 radical (unpaired) electrons. The van der Waals surface area contributed by atoms with Crippen LogP contribution in [0.5, 0.6) is 0 Å². The number of rotatable bonds is 1. The van der Waals surface area contributed by atoms with Gasteiger partial charge in [-0.2, -0.15) is 37.4 Å². The Morgan fingerprint density at radius 2 is 1.82 bits per heavy atom. The summed E-state index contributed by atoms with van der Waals surface area (Å²) in [5.74, 6) is 0. The molecule has 0 saturated carbocycles. The molecular formula is C16H9F3NOY-. The van der Waals surface area contributed by atoms with Crippen LogP contribution in [0.25, 0.3) is 22.0 Å². The second-order valence-corrected chi connectivity index (χ2v) is 4.57. The fourth-order valence-electron chi connectivity index (χ4n) is 2.26. The molecule has 0 aliphatic rings. The maximum absolute atomic E-state index is 13.1. The van der Waals surface area contributed by atoms with Crippen molar-refractivity contribution in [2.24, 2.45) is 0 Å². The number of aromatic amines is 1. The van der Waals surface area contributed by atoms with Gasteiger partial charge in [0.15, 0.2) is 5.56 Å². The van der Waals surface area contributed by atoms with Crippen LogP contribution in [0, 0.1) is 6.07 Å². The Morgan fingerprint density at radius 3 is 2.55 bits per heavy atom. The van der Waals surface area contributed by atoms with E-state index in [2.05, 4.69) is 11.1 Å². The second-order valence-electron chi connectivity index (χ2n) is 4.57. The van der Waals surface area contributed by atoms with Crippen LogP contribution in [0.4, 0.5) is 13.2 Å². The van der Waals surface area contributed by atoms with E-state index in [0.29, 0.717) is 10.8 Å². The summed E-state index contributed by atoms with van der Waals surface area (Å²) in [6.45, 7) is 0. The molecule has 0 unspecified atom stereocenters. The third kappa shape index (κ3) is 3.15. The van der Waals surface area contributed by atoms with Crippen molar-refractivity contribution in [1.29, 1.82) is 0 Å². The maximum atomic E-state index is 13.1. The molecule has 109 valence electrons. The van der Waals surface area contributed by atoms with Gasteiger partial charge in [0.05, 0.1) is 5.56 Å². The standard InChI is InChI=1S/C16H9F3NO.Y/c17-16(18,19)13-8-4-3-7-12(13)14-9-10-5-1-2-6-11(10)15(21)20-14;/h1,3-9H,(H,20,21);/q-1;. The van der Waals surface area contributed by atoms with E-state index in [4.69, 9.17) is 0 Å². The molecule has 1 heterocycles.